The van der Waals surface area contributed by atoms with Crippen molar-refractivity contribution in [2.24, 2.45) is 5.10 Å². The fourth-order valence-corrected chi connectivity index (χ4v) is 2.64. The zero-order valence-electron chi connectivity index (χ0n) is 14.1. The number of aromatic amines is 1. The third-order valence-corrected chi connectivity index (χ3v) is 4.06. The van der Waals surface area contributed by atoms with Crippen LogP contribution < -0.4 is 5.43 Å². The highest BCUT2D eigenvalue weighted by Gasteiger charge is 2.10. The van der Waals surface area contributed by atoms with Gasteiger partial charge in [0.2, 0.25) is 0 Å². The summed E-state index contributed by atoms with van der Waals surface area (Å²) < 4.78 is 0.744. The van der Waals surface area contributed by atoms with Gasteiger partial charge in [-0.25, -0.2) is 5.43 Å². The molecule has 0 bridgehead atoms. The van der Waals surface area contributed by atoms with Crippen LogP contribution in [-0.2, 0) is 0 Å². The van der Waals surface area contributed by atoms with Gasteiger partial charge in [-0.15, -0.1) is 0 Å². The number of rotatable bonds is 5. The second kappa shape index (κ2) is 8.40. The van der Waals surface area contributed by atoms with Crippen LogP contribution in [0.15, 0.2) is 70.2 Å². The van der Waals surface area contributed by atoms with E-state index in [2.05, 4.69) is 36.7 Å². The smallest absolute Gasteiger partial charge is 0.272 e. The molecule has 26 heavy (non-hydrogen) atoms. The molecule has 0 saturated heterocycles. The van der Waals surface area contributed by atoms with Crippen LogP contribution in [0.5, 0.6) is 0 Å². The Morgan fingerprint density at radius 3 is 2.62 bits per heavy atom. The minimum absolute atomic E-state index is 0.348. The minimum Gasteiger partial charge on any atom is -0.272 e. The third kappa shape index (κ3) is 4.77. The number of halogens is 1. The average molecular weight is 409 g/mol. The average Bonchev–Trinajstić information content (AvgIpc) is 3.13. The fourth-order valence-electron chi connectivity index (χ4n) is 2.27. The number of allylic oxidation sites excluding steroid dienone is 1. The van der Waals surface area contributed by atoms with E-state index in [1.165, 1.54) is 11.8 Å². The van der Waals surface area contributed by atoms with Crippen molar-refractivity contribution in [3.8, 4) is 11.3 Å². The molecule has 0 unspecified atom stereocenters. The first-order valence-corrected chi connectivity index (χ1v) is 8.79. The molecule has 0 saturated carbocycles. The summed E-state index contributed by atoms with van der Waals surface area (Å²) in [6.07, 6.45) is 3.43. The molecule has 1 amide bonds. The highest BCUT2D eigenvalue weighted by Crippen LogP contribution is 2.18. The van der Waals surface area contributed by atoms with Gasteiger partial charge in [-0.2, -0.15) is 10.2 Å². The predicted molar refractivity (Wildman–Crippen MR) is 108 cm³/mol. The summed E-state index contributed by atoms with van der Waals surface area (Å²) in [6.45, 7) is 2.02. The molecule has 6 heteroatoms. The molecular weight excluding hydrogens is 392 g/mol. The Morgan fingerprint density at radius 2 is 1.88 bits per heavy atom. The van der Waals surface area contributed by atoms with Crippen molar-refractivity contribution in [2.45, 2.75) is 6.92 Å². The second-order valence-electron chi connectivity index (χ2n) is 5.67. The lowest BCUT2D eigenvalue weighted by atomic mass is 10.1. The number of nitrogens with one attached hydrogen (secondary N) is 2. The quantitative estimate of drug-likeness (QED) is 0.480. The van der Waals surface area contributed by atoms with Gasteiger partial charge in [0.15, 0.2) is 0 Å². The Morgan fingerprint density at radius 1 is 1.15 bits per heavy atom. The zero-order valence-corrected chi connectivity index (χ0v) is 15.7. The van der Waals surface area contributed by atoms with Gasteiger partial charge in [-0.1, -0.05) is 60.2 Å². The van der Waals surface area contributed by atoms with Crippen LogP contribution in [0.1, 0.15) is 21.6 Å². The number of hydrazone groups is 1. The standard InChI is InChI=1S/C20H17BrN4O/c1-14-7-9-16(10-8-14)18-12-19(24-23-18)20(26)25-22-13-17(21)11-15-5-3-2-4-6-15/h2-13H,1H3,(H,23,24)(H,25,26)/b17-11-,22-13+. The molecule has 3 rings (SSSR count). The van der Waals surface area contributed by atoms with Crippen molar-refractivity contribution < 1.29 is 4.79 Å². The summed E-state index contributed by atoms with van der Waals surface area (Å²) in [7, 11) is 0. The molecule has 0 spiro atoms. The highest BCUT2D eigenvalue weighted by atomic mass is 79.9. The van der Waals surface area contributed by atoms with Gasteiger partial charge < -0.3 is 0 Å². The number of hydrogen-bond acceptors (Lipinski definition) is 3. The summed E-state index contributed by atoms with van der Waals surface area (Å²) >= 11 is 3.40. The van der Waals surface area contributed by atoms with Crippen LogP contribution in [0.3, 0.4) is 0 Å². The van der Waals surface area contributed by atoms with Gasteiger partial charge in [-0.3, -0.25) is 9.89 Å². The van der Waals surface area contributed by atoms with E-state index in [0.29, 0.717) is 11.4 Å². The summed E-state index contributed by atoms with van der Waals surface area (Å²) in [6, 6.07) is 19.5. The van der Waals surface area contributed by atoms with E-state index in [4.69, 9.17) is 0 Å². The molecule has 1 heterocycles. The maximum absolute atomic E-state index is 12.2. The molecule has 1 aromatic heterocycles. The van der Waals surface area contributed by atoms with Crippen molar-refractivity contribution in [1.29, 1.82) is 0 Å². The van der Waals surface area contributed by atoms with Gasteiger partial charge in [0, 0.05) is 10.0 Å². The largest absolute Gasteiger partial charge is 0.289 e. The van der Waals surface area contributed by atoms with Crippen molar-refractivity contribution in [3.05, 3.63) is 82.0 Å². The van der Waals surface area contributed by atoms with Gasteiger partial charge in [0.05, 0.1) is 11.9 Å². The Kier molecular flexibility index (Phi) is 5.76. The topological polar surface area (TPSA) is 70.1 Å². The third-order valence-electron chi connectivity index (χ3n) is 3.63. The van der Waals surface area contributed by atoms with Gasteiger partial charge >= 0.3 is 0 Å². The Balaban J connectivity index is 1.62. The normalized spacial score (nSPS) is 11.7. The Hall–Kier alpha value is -2.99. The monoisotopic (exact) mass is 408 g/mol. The molecule has 5 nitrogen and oxygen atoms in total. The van der Waals surface area contributed by atoms with Crippen LogP contribution in [-0.4, -0.2) is 22.3 Å². The van der Waals surface area contributed by atoms with Crippen LogP contribution >= 0.6 is 15.9 Å². The number of aromatic nitrogens is 2. The van der Waals surface area contributed by atoms with E-state index in [0.717, 1.165) is 15.6 Å². The summed E-state index contributed by atoms with van der Waals surface area (Å²) in [5, 5.41) is 10.9. The maximum Gasteiger partial charge on any atom is 0.289 e. The summed E-state index contributed by atoms with van der Waals surface area (Å²) in [5.74, 6) is -0.355. The second-order valence-corrected chi connectivity index (χ2v) is 6.59. The summed E-state index contributed by atoms with van der Waals surface area (Å²) in [4.78, 5) is 12.2. The first kappa shape index (κ1) is 17.8. The fraction of sp³-hybridized carbons (Fsp3) is 0.0500. The predicted octanol–water partition coefficient (Wildman–Crippen LogP) is 4.54. The van der Waals surface area contributed by atoms with Gasteiger partial charge in [-0.05, 0) is 40.6 Å². The number of aryl methyl sites for hydroxylation is 1. The molecule has 130 valence electrons. The number of hydrogen-bond donors (Lipinski definition) is 2. The first-order chi connectivity index (χ1) is 12.6. The van der Waals surface area contributed by atoms with Crippen LogP contribution in [0, 0.1) is 6.92 Å². The van der Waals surface area contributed by atoms with Crippen molar-refractivity contribution >= 4 is 34.1 Å². The number of benzene rings is 2. The molecule has 2 N–H and O–H groups in total. The molecule has 3 aromatic rings. The highest BCUT2D eigenvalue weighted by molar-refractivity contribution is 9.12. The lowest BCUT2D eigenvalue weighted by molar-refractivity contribution is 0.0950. The van der Waals surface area contributed by atoms with E-state index in [1.54, 1.807) is 6.07 Å². The van der Waals surface area contributed by atoms with Crippen LogP contribution in [0.2, 0.25) is 0 Å². The number of carbonyl (C=O) groups excluding carboxylic acids is 1. The molecule has 0 aliphatic heterocycles. The molecule has 0 aliphatic rings. The Bertz CT molecular complexity index is 943. The number of nitrogens with zero attached hydrogens (tertiary/aromatic N) is 2. The minimum atomic E-state index is -0.355. The molecule has 0 fully saturated rings. The van der Waals surface area contributed by atoms with E-state index in [-0.39, 0.29) is 5.91 Å². The van der Waals surface area contributed by atoms with Crippen LogP contribution in [0.25, 0.3) is 17.3 Å². The lowest BCUT2D eigenvalue weighted by Crippen LogP contribution is -2.17. The molecule has 0 radical (unpaired) electrons. The first-order valence-electron chi connectivity index (χ1n) is 8.00. The Labute approximate surface area is 160 Å². The molecule has 0 atom stereocenters. The number of carbonyl (C=O) groups is 1. The van der Waals surface area contributed by atoms with E-state index >= 15 is 0 Å². The van der Waals surface area contributed by atoms with Crippen molar-refractivity contribution in [3.63, 3.8) is 0 Å². The summed E-state index contributed by atoms with van der Waals surface area (Å²) in [5.41, 5.74) is 6.69. The number of amides is 1. The lowest BCUT2D eigenvalue weighted by Gasteiger charge is -1.97. The van der Waals surface area contributed by atoms with Gasteiger partial charge in [0.25, 0.3) is 5.91 Å². The van der Waals surface area contributed by atoms with Crippen molar-refractivity contribution in [2.75, 3.05) is 0 Å². The van der Waals surface area contributed by atoms with Crippen LogP contribution in [0.4, 0.5) is 0 Å². The SMILES string of the molecule is Cc1ccc(-c2cc(C(=O)N/N=C/C(Br)=C/c3ccccc3)[nH]n2)cc1. The van der Waals surface area contributed by atoms with E-state index < -0.39 is 0 Å². The molecule has 0 aliphatic carbocycles. The van der Waals surface area contributed by atoms with E-state index in [1.807, 2.05) is 67.6 Å². The number of H-pyrrole nitrogens is 1. The zero-order chi connectivity index (χ0) is 18.4. The van der Waals surface area contributed by atoms with Crippen molar-refractivity contribution in [1.82, 2.24) is 15.6 Å². The van der Waals surface area contributed by atoms with E-state index in [9.17, 15) is 4.79 Å². The maximum atomic E-state index is 12.2. The molecular formula is C20H17BrN4O. The molecule has 2 aromatic carbocycles. The van der Waals surface area contributed by atoms with Gasteiger partial charge in [0.1, 0.15) is 5.69 Å².